The lowest BCUT2D eigenvalue weighted by molar-refractivity contribution is -0.118. The van der Waals surface area contributed by atoms with E-state index in [-0.39, 0.29) is 24.0 Å². The van der Waals surface area contributed by atoms with E-state index in [1.165, 1.54) is 0 Å². The van der Waals surface area contributed by atoms with Gasteiger partial charge < -0.3 is 14.4 Å². The predicted octanol–water partition coefficient (Wildman–Crippen LogP) is 4.18. The zero-order valence-electron chi connectivity index (χ0n) is 14.6. The third-order valence-corrected chi connectivity index (χ3v) is 5.65. The van der Waals surface area contributed by atoms with Crippen molar-refractivity contribution in [3.63, 3.8) is 0 Å². The Morgan fingerprint density at radius 1 is 1.21 bits per heavy atom. The molecule has 4 nitrogen and oxygen atoms in total. The maximum absolute atomic E-state index is 12.8. The minimum absolute atomic E-state index is 0.132. The number of carbonyl (C=O) groups excluding carboxylic acids is 2. The fraction of sp³-hybridized carbons (Fsp3) is 0.600. The van der Waals surface area contributed by atoms with Crippen molar-refractivity contribution in [3.05, 3.63) is 35.9 Å². The minimum atomic E-state index is -0.214. The number of ether oxygens (including phenoxy) is 1. The fourth-order valence-electron chi connectivity index (χ4n) is 4.73. The van der Waals surface area contributed by atoms with Crippen LogP contribution in [-0.4, -0.2) is 28.9 Å². The Morgan fingerprint density at radius 3 is 2.62 bits per heavy atom. The third-order valence-electron chi connectivity index (χ3n) is 5.65. The van der Waals surface area contributed by atoms with Gasteiger partial charge in [0.05, 0.1) is 0 Å². The van der Waals surface area contributed by atoms with Crippen molar-refractivity contribution < 1.29 is 14.3 Å². The Morgan fingerprint density at radius 2 is 1.96 bits per heavy atom. The van der Waals surface area contributed by atoms with E-state index in [1.54, 1.807) is 6.92 Å². The standard InChI is InChI=1S/C20H27NO3/c1-3-18-17(12-14(2)22)16-10-7-11-19(16)21(18)20(23)24-13-15-8-5-4-6-9-15/h4-6,8-9,16-19H,3,7,10-13H2,1-2H3/t16-,17+,18+,19-/m1/s1. The van der Waals surface area contributed by atoms with Gasteiger partial charge in [-0.3, -0.25) is 0 Å². The number of ketones is 1. The van der Waals surface area contributed by atoms with Crippen molar-refractivity contribution in [2.45, 2.75) is 64.6 Å². The molecule has 1 heterocycles. The molecule has 3 rings (SSSR count). The Kier molecular flexibility index (Phi) is 5.22. The average Bonchev–Trinajstić information content (AvgIpc) is 3.14. The molecule has 130 valence electrons. The summed E-state index contributed by atoms with van der Waals surface area (Å²) in [5.41, 5.74) is 1.00. The summed E-state index contributed by atoms with van der Waals surface area (Å²) in [5.74, 6) is 0.982. The summed E-state index contributed by atoms with van der Waals surface area (Å²) in [4.78, 5) is 26.4. The van der Waals surface area contributed by atoms with E-state index in [2.05, 4.69) is 6.92 Å². The zero-order chi connectivity index (χ0) is 17.1. The van der Waals surface area contributed by atoms with Crippen molar-refractivity contribution in [1.82, 2.24) is 4.90 Å². The second-order valence-corrected chi connectivity index (χ2v) is 7.16. The molecular formula is C20H27NO3. The van der Waals surface area contributed by atoms with Crippen LogP contribution in [0, 0.1) is 11.8 Å². The van der Waals surface area contributed by atoms with Gasteiger partial charge in [0.15, 0.2) is 0 Å². The summed E-state index contributed by atoms with van der Waals surface area (Å²) in [6, 6.07) is 10.2. The highest BCUT2D eigenvalue weighted by Gasteiger charge is 2.52. The molecule has 2 aliphatic rings. The first kappa shape index (κ1) is 17.0. The van der Waals surface area contributed by atoms with Crippen LogP contribution in [0.25, 0.3) is 0 Å². The largest absolute Gasteiger partial charge is 0.445 e. The Balaban J connectivity index is 1.72. The van der Waals surface area contributed by atoms with Gasteiger partial charge in [-0.2, -0.15) is 0 Å². The highest BCUT2D eigenvalue weighted by atomic mass is 16.6. The molecule has 4 atom stereocenters. The van der Waals surface area contributed by atoms with Crippen LogP contribution in [0.2, 0.25) is 0 Å². The lowest BCUT2D eigenvalue weighted by Gasteiger charge is -2.30. The van der Waals surface area contributed by atoms with Crippen molar-refractivity contribution in [1.29, 1.82) is 0 Å². The molecule has 1 aromatic rings. The predicted molar refractivity (Wildman–Crippen MR) is 92.5 cm³/mol. The van der Waals surface area contributed by atoms with E-state index >= 15 is 0 Å². The number of hydrogen-bond acceptors (Lipinski definition) is 3. The summed E-state index contributed by atoms with van der Waals surface area (Å²) >= 11 is 0. The number of benzene rings is 1. The Labute approximate surface area is 144 Å². The summed E-state index contributed by atoms with van der Waals surface area (Å²) in [5, 5.41) is 0. The summed E-state index contributed by atoms with van der Waals surface area (Å²) in [6.45, 7) is 4.07. The van der Waals surface area contributed by atoms with Crippen molar-refractivity contribution in [3.8, 4) is 0 Å². The Hall–Kier alpha value is -1.84. The van der Waals surface area contributed by atoms with Gasteiger partial charge in [0.2, 0.25) is 0 Å². The van der Waals surface area contributed by atoms with E-state index < -0.39 is 0 Å². The number of fused-ring (bicyclic) bond motifs is 1. The van der Waals surface area contributed by atoms with Gasteiger partial charge in [-0.1, -0.05) is 43.7 Å². The van der Waals surface area contributed by atoms with Crippen LogP contribution in [-0.2, 0) is 16.1 Å². The Bertz CT molecular complexity index is 586. The molecule has 1 aromatic carbocycles. The molecular weight excluding hydrogens is 302 g/mol. The molecule has 0 radical (unpaired) electrons. The third kappa shape index (κ3) is 3.33. The number of likely N-dealkylation sites (tertiary alicyclic amines) is 1. The monoisotopic (exact) mass is 329 g/mol. The number of nitrogens with zero attached hydrogens (tertiary/aromatic N) is 1. The van der Waals surface area contributed by atoms with Crippen LogP contribution in [0.1, 0.15) is 51.5 Å². The minimum Gasteiger partial charge on any atom is -0.445 e. The molecule has 1 saturated heterocycles. The first-order chi connectivity index (χ1) is 11.6. The van der Waals surface area contributed by atoms with E-state index in [9.17, 15) is 9.59 Å². The van der Waals surface area contributed by atoms with Gasteiger partial charge in [0.25, 0.3) is 0 Å². The van der Waals surface area contributed by atoms with Crippen LogP contribution >= 0.6 is 0 Å². The molecule has 24 heavy (non-hydrogen) atoms. The van der Waals surface area contributed by atoms with Gasteiger partial charge >= 0.3 is 6.09 Å². The lowest BCUT2D eigenvalue weighted by Crippen LogP contribution is -2.42. The number of hydrogen-bond donors (Lipinski definition) is 0. The van der Waals surface area contributed by atoms with Gasteiger partial charge in [-0.25, -0.2) is 4.79 Å². The number of amides is 1. The maximum Gasteiger partial charge on any atom is 0.410 e. The quantitative estimate of drug-likeness (QED) is 0.814. The van der Waals surface area contributed by atoms with Crippen molar-refractivity contribution in [2.24, 2.45) is 11.8 Å². The van der Waals surface area contributed by atoms with Crippen molar-refractivity contribution >= 4 is 11.9 Å². The molecule has 1 saturated carbocycles. The second-order valence-electron chi connectivity index (χ2n) is 7.16. The van der Waals surface area contributed by atoms with E-state index in [4.69, 9.17) is 4.74 Å². The van der Waals surface area contributed by atoms with Crippen molar-refractivity contribution in [2.75, 3.05) is 0 Å². The summed E-state index contributed by atoms with van der Waals surface area (Å²) in [7, 11) is 0. The molecule has 2 fully saturated rings. The fourth-order valence-corrected chi connectivity index (χ4v) is 4.73. The molecule has 0 aromatic heterocycles. The molecule has 0 N–H and O–H groups in total. The summed E-state index contributed by atoms with van der Waals surface area (Å²) in [6.07, 6.45) is 4.56. The highest BCUT2D eigenvalue weighted by Crippen LogP contribution is 2.47. The van der Waals surface area contributed by atoms with Gasteiger partial charge in [0.1, 0.15) is 12.4 Å². The molecule has 4 heteroatoms. The van der Waals surface area contributed by atoms with Gasteiger partial charge in [-0.15, -0.1) is 0 Å². The van der Waals surface area contributed by atoms with E-state index in [1.807, 2.05) is 35.2 Å². The highest BCUT2D eigenvalue weighted by molar-refractivity contribution is 5.76. The first-order valence-electron chi connectivity index (χ1n) is 9.10. The van der Waals surface area contributed by atoms with E-state index in [0.717, 1.165) is 31.2 Å². The van der Waals surface area contributed by atoms with Crippen LogP contribution < -0.4 is 0 Å². The average molecular weight is 329 g/mol. The number of carbonyl (C=O) groups is 2. The molecule has 1 aliphatic carbocycles. The second kappa shape index (κ2) is 7.37. The van der Waals surface area contributed by atoms with Crippen LogP contribution in [0.3, 0.4) is 0 Å². The first-order valence-corrected chi connectivity index (χ1v) is 9.10. The van der Waals surface area contributed by atoms with E-state index in [0.29, 0.717) is 24.9 Å². The smallest absolute Gasteiger partial charge is 0.410 e. The molecule has 0 bridgehead atoms. The van der Waals surface area contributed by atoms with Gasteiger partial charge in [-0.05, 0) is 43.6 Å². The van der Waals surface area contributed by atoms with Crippen LogP contribution in [0.5, 0.6) is 0 Å². The van der Waals surface area contributed by atoms with Gasteiger partial charge in [0, 0.05) is 18.5 Å². The topological polar surface area (TPSA) is 46.6 Å². The molecule has 1 aliphatic heterocycles. The maximum atomic E-state index is 12.8. The molecule has 0 unspecified atom stereocenters. The zero-order valence-corrected chi connectivity index (χ0v) is 14.6. The summed E-state index contributed by atoms with van der Waals surface area (Å²) < 4.78 is 5.61. The lowest BCUT2D eigenvalue weighted by atomic mass is 9.83. The molecule has 1 amide bonds. The SMILES string of the molecule is CC[C@H]1[C@@H](CC(C)=O)[C@H]2CCC[C@H]2N1C(=O)OCc1ccccc1. The normalized spacial score (nSPS) is 28.7. The number of Topliss-reactive ketones (excluding diaryl/α,β-unsaturated/α-hetero) is 1. The molecule has 0 spiro atoms. The van der Waals surface area contributed by atoms with Crippen LogP contribution in [0.4, 0.5) is 4.79 Å². The van der Waals surface area contributed by atoms with Crippen LogP contribution in [0.15, 0.2) is 30.3 Å². The number of rotatable bonds is 5.